The van der Waals surface area contributed by atoms with Crippen molar-refractivity contribution in [1.82, 2.24) is 0 Å². The monoisotopic (exact) mass is 317 g/mol. The summed E-state index contributed by atoms with van der Waals surface area (Å²) in [7, 11) is 1.74. The maximum absolute atomic E-state index is 6.10. The minimum absolute atomic E-state index is 0.124. The Morgan fingerprint density at radius 2 is 1.95 bits per heavy atom. The Labute approximate surface area is 138 Å². The molecule has 0 saturated carbocycles. The maximum Gasteiger partial charge on any atom is 0.122 e. The maximum atomic E-state index is 6.10. The minimum atomic E-state index is 0.124. The Bertz CT molecular complexity index is 625. The standard InChI is InChI=1S/C19H27NOS/c1-13-8-9-22-18(13)10-14(12-20)16-11-15(19(2,3)4)6-7-17(16)21-5/h6-9,11,14H,10,12,20H2,1-5H3. The minimum Gasteiger partial charge on any atom is -0.496 e. The average molecular weight is 317 g/mol. The van der Waals surface area contributed by atoms with Gasteiger partial charge in [-0.05, 0) is 59.5 Å². The third-order valence-electron chi connectivity index (χ3n) is 4.22. The smallest absolute Gasteiger partial charge is 0.122 e. The van der Waals surface area contributed by atoms with Gasteiger partial charge in [0, 0.05) is 10.8 Å². The van der Waals surface area contributed by atoms with Gasteiger partial charge in [0.15, 0.2) is 0 Å². The molecule has 0 saturated heterocycles. The van der Waals surface area contributed by atoms with Gasteiger partial charge in [0.2, 0.25) is 0 Å². The van der Waals surface area contributed by atoms with Crippen LogP contribution in [-0.2, 0) is 11.8 Å². The molecule has 0 aliphatic carbocycles. The number of aryl methyl sites for hydroxylation is 1. The van der Waals surface area contributed by atoms with Gasteiger partial charge in [-0.25, -0.2) is 0 Å². The van der Waals surface area contributed by atoms with Gasteiger partial charge in [-0.3, -0.25) is 0 Å². The Kier molecular flexibility index (Phi) is 5.30. The zero-order valence-electron chi connectivity index (χ0n) is 14.3. The number of benzene rings is 1. The summed E-state index contributed by atoms with van der Waals surface area (Å²) in [5.74, 6) is 1.23. The summed E-state index contributed by atoms with van der Waals surface area (Å²) in [5.41, 5.74) is 10.1. The summed E-state index contributed by atoms with van der Waals surface area (Å²) in [6.07, 6.45) is 0.976. The number of rotatable bonds is 5. The summed E-state index contributed by atoms with van der Waals surface area (Å²) >= 11 is 1.81. The van der Waals surface area contributed by atoms with E-state index in [1.807, 2.05) is 11.3 Å². The van der Waals surface area contributed by atoms with E-state index in [4.69, 9.17) is 10.5 Å². The van der Waals surface area contributed by atoms with Gasteiger partial charge in [0.25, 0.3) is 0 Å². The summed E-state index contributed by atoms with van der Waals surface area (Å²) < 4.78 is 5.59. The predicted octanol–water partition coefficient (Wildman–Crippen LogP) is 4.65. The molecule has 0 radical (unpaired) electrons. The van der Waals surface area contributed by atoms with Crippen molar-refractivity contribution in [2.75, 3.05) is 13.7 Å². The fourth-order valence-corrected chi connectivity index (χ4v) is 3.66. The van der Waals surface area contributed by atoms with Crippen LogP contribution in [0.2, 0.25) is 0 Å². The highest BCUT2D eigenvalue weighted by molar-refractivity contribution is 7.10. The molecular formula is C19H27NOS. The Balaban J connectivity index is 2.40. The molecule has 1 unspecified atom stereocenters. The zero-order chi connectivity index (χ0) is 16.3. The number of methoxy groups -OCH3 is 1. The molecule has 2 N–H and O–H groups in total. The first kappa shape index (κ1) is 17.0. The van der Waals surface area contributed by atoms with Crippen LogP contribution in [0.3, 0.4) is 0 Å². The Hall–Kier alpha value is -1.32. The second-order valence-electron chi connectivity index (χ2n) is 6.87. The summed E-state index contributed by atoms with van der Waals surface area (Å²) in [6, 6.07) is 8.70. The van der Waals surface area contributed by atoms with Crippen molar-refractivity contribution in [3.8, 4) is 5.75 Å². The molecule has 0 bridgehead atoms. The Morgan fingerprint density at radius 1 is 1.23 bits per heavy atom. The van der Waals surface area contributed by atoms with Gasteiger partial charge in [-0.2, -0.15) is 0 Å². The van der Waals surface area contributed by atoms with E-state index in [2.05, 4.69) is 57.3 Å². The average Bonchev–Trinajstić information content (AvgIpc) is 2.88. The van der Waals surface area contributed by atoms with Crippen molar-refractivity contribution >= 4 is 11.3 Å². The van der Waals surface area contributed by atoms with Crippen molar-refractivity contribution in [3.05, 3.63) is 51.2 Å². The van der Waals surface area contributed by atoms with Crippen LogP contribution in [0.4, 0.5) is 0 Å². The van der Waals surface area contributed by atoms with Crippen molar-refractivity contribution in [1.29, 1.82) is 0 Å². The van der Waals surface area contributed by atoms with Crippen molar-refractivity contribution < 1.29 is 4.74 Å². The zero-order valence-corrected chi connectivity index (χ0v) is 15.1. The summed E-state index contributed by atoms with van der Waals surface area (Å²) in [6.45, 7) is 9.50. The van der Waals surface area contributed by atoms with Gasteiger partial charge in [-0.1, -0.05) is 32.9 Å². The molecule has 120 valence electrons. The molecule has 2 nitrogen and oxygen atoms in total. The number of thiophene rings is 1. The second kappa shape index (κ2) is 6.84. The third-order valence-corrected chi connectivity index (χ3v) is 5.27. The Morgan fingerprint density at radius 3 is 2.45 bits per heavy atom. The highest BCUT2D eigenvalue weighted by atomic mass is 32.1. The topological polar surface area (TPSA) is 35.2 Å². The molecule has 0 aliphatic rings. The van der Waals surface area contributed by atoms with Crippen LogP contribution >= 0.6 is 11.3 Å². The van der Waals surface area contributed by atoms with Crippen LogP contribution in [0.1, 0.15) is 48.3 Å². The predicted molar refractivity (Wildman–Crippen MR) is 96.2 cm³/mol. The quantitative estimate of drug-likeness (QED) is 0.871. The van der Waals surface area contributed by atoms with E-state index in [0.717, 1.165) is 12.2 Å². The van der Waals surface area contributed by atoms with Gasteiger partial charge in [0.1, 0.15) is 5.75 Å². The van der Waals surface area contributed by atoms with E-state index in [1.165, 1.54) is 21.6 Å². The van der Waals surface area contributed by atoms with E-state index in [0.29, 0.717) is 6.54 Å². The number of nitrogens with two attached hydrogens (primary N) is 1. The van der Waals surface area contributed by atoms with Crippen LogP contribution in [-0.4, -0.2) is 13.7 Å². The van der Waals surface area contributed by atoms with Crippen molar-refractivity contribution in [2.24, 2.45) is 5.73 Å². The van der Waals surface area contributed by atoms with Crippen LogP contribution in [0.5, 0.6) is 5.75 Å². The van der Waals surface area contributed by atoms with E-state index in [9.17, 15) is 0 Å². The fourth-order valence-electron chi connectivity index (χ4n) is 2.68. The SMILES string of the molecule is COc1ccc(C(C)(C)C)cc1C(CN)Cc1sccc1C. The van der Waals surface area contributed by atoms with Crippen LogP contribution in [0, 0.1) is 6.92 Å². The lowest BCUT2D eigenvalue weighted by molar-refractivity contribution is 0.404. The molecule has 3 heteroatoms. The molecule has 0 fully saturated rings. The van der Waals surface area contributed by atoms with Crippen LogP contribution in [0.25, 0.3) is 0 Å². The van der Waals surface area contributed by atoms with Gasteiger partial charge in [-0.15, -0.1) is 11.3 Å². The molecule has 1 atom stereocenters. The third kappa shape index (κ3) is 3.71. The lowest BCUT2D eigenvalue weighted by atomic mass is 9.83. The molecule has 22 heavy (non-hydrogen) atoms. The normalized spacial score (nSPS) is 13.2. The fraction of sp³-hybridized carbons (Fsp3) is 0.474. The highest BCUT2D eigenvalue weighted by Crippen LogP contribution is 2.34. The van der Waals surface area contributed by atoms with Crippen molar-refractivity contribution in [3.63, 3.8) is 0 Å². The van der Waals surface area contributed by atoms with E-state index >= 15 is 0 Å². The first-order valence-electron chi connectivity index (χ1n) is 7.78. The van der Waals surface area contributed by atoms with Crippen LogP contribution in [0.15, 0.2) is 29.6 Å². The van der Waals surface area contributed by atoms with Gasteiger partial charge >= 0.3 is 0 Å². The lowest BCUT2D eigenvalue weighted by Gasteiger charge is -2.24. The molecule has 2 rings (SSSR count). The molecule has 1 aromatic carbocycles. The molecule has 1 heterocycles. The number of hydrogen-bond acceptors (Lipinski definition) is 3. The summed E-state index contributed by atoms with van der Waals surface area (Å²) in [5, 5.41) is 2.15. The lowest BCUT2D eigenvalue weighted by Crippen LogP contribution is -2.18. The molecule has 0 amide bonds. The molecule has 0 aliphatic heterocycles. The number of hydrogen-bond donors (Lipinski definition) is 1. The molecule has 1 aromatic heterocycles. The summed E-state index contributed by atoms with van der Waals surface area (Å²) in [4.78, 5) is 1.42. The first-order chi connectivity index (χ1) is 10.4. The van der Waals surface area contributed by atoms with E-state index < -0.39 is 0 Å². The molecule has 2 aromatic rings. The van der Waals surface area contributed by atoms with E-state index in [1.54, 1.807) is 7.11 Å². The van der Waals surface area contributed by atoms with Gasteiger partial charge < -0.3 is 10.5 Å². The molecular weight excluding hydrogens is 290 g/mol. The largest absolute Gasteiger partial charge is 0.496 e. The van der Waals surface area contributed by atoms with Crippen molar-refractivity contribution in [2.45, 2.75) is 45.4 Å². The highest BCUT2D eigenvalue weighted by Gasteiger charge is 2.21. The molecule has 0 spiro atoms. The van der Waals surface area contributed by atoms with Gasteiger partial charge in [0.05, 0.1) is 7.11 Å². The second-order valence-corrected chi connectivity index (χ2v) is 7.87. The number of ether oxygens (including phenoxy) is 1. The van der Waals surface area contributed by atoms with E-state index in [-0.39, 0.29) is 11.3 Å². The first-order valence-corrected chi connectivity index (χ1v) is 8.66. The van der Waals surface area contributed by atoms with Crippen LogP contribution < -0.4 is 10.5 Å².